The van der Waals surface area contributed by atoms with Crippen LogP contribution in [0.2, 0.25) is 5.02 Å². The number of nitrogens with zero attached hydrogens (tertiary/aromatic N) is 1. The number of nitrogens with one attached hydrogen (secondary N) is 2. The first kappa shape index (κ1) is 19.9. The molecule has 0 saturated carbocycles. The van der Waals surface area contributed by atoms with Crippen molar-refractivity contribution in [2.45, 2.75) is 30.9 Å². The van der Waals surface area contributed by atoms with Crippen LogP contribution in [0.3, 0.4) is 0 Å². The lowest BCUT2D eigenvalue weighted by atomic mass is 10.1. The maximum absolute atomic E-state index is 6.16. The van der Waals surface area contributed by atoms with Gasteiger partial charge in [-0.15, -0.1) is 24.0 Å². The number of benzene rings is 1. The maximum atomic E-state index is 6.16. The molecule has 1 fully saturated rings. The first-order valence-electron chi connectivity index (χ1n) is 7.59. The van der Waals surface area contributed by atoms with Gasteiger partial charge in [0, 0.05) is 30.4 Å². The van der Waals surface area contributed by atoms with Gasteiger partial charge < -0.3 is 10.6 Å². The van der Waals surface area contributed by atoms with Crippen LogP contribution in [0, 0.1) is 0 Å². The van der Waals surface area contributed by atoms with Crippen LogP contribution in [0.5, 0.6) is 0 Å². The van der Waals surface area contributed by atoms with Gasteiger partial charge in [-0.25, -0.2) is 0 Å². The van der Waals surface area contributed by atoms with E-state index in [0.29, 0.717) is 0 Å². The summed E-state index contributed by atoms with van der Waals surface area (Å²) in [6, 6.07) is 8.04. The number of guanidine groups is 1. The van der Waals surface area contributed by atoms with E-state index >= 15 is 0 Å². The molecule has 1 atom stereocenters. The van der Waals surface area contributed by atoms with E-state index in [1.807, 2.05) is 25.2 Å². The van der Waals surface area contributed by atoms with Gasteiger partial charge in [-0.1, -0.05) is 29.8 Å². The fourth-order valence-electron chi connectivity index (χ4n) is 2.42. The quantitative estimate of drug-likeness (QED) is 0.296. The molecule has 124 valence electrons. The molecular weight excluding hydrogens is 429 g/mol. The normalized spacial score (nSPS) is 17.9. The third-order valence-electron chi connectivity index (χ3n) is 3.62. The van der Waals surface area contributed by atoms with Gasteiger partial charge >= 0.3 is 0 Å². The summed E-state index contributed by atoms with van der Waals surface area (Å²) in [6.07, 6.45) is 4.70. The molecule has 22 heavy (non-hydrogen) atoms. The van der Waals surface area contributed by atoms with Crippen molar-refractivity contribution in [3.05, 3.63) is 34.9 Å². The van der Waals surface area contributed by atoms with Crippen LogP contribution in [0.1, 0.15) is 24.8 Å². The highest BCUT2D eigenvalue weighted by atomic mass is 127. The van der Waals surface area contributed by atoms with Crippen molar-refractivity contribution in [1.82, 2.24) is 10.6 Å². The largest absolute Gasteiger partial charge is 0.356 e. The Balaban J connectivity index is 0.00000242. The molecule has 1 aliphatic rings. The Hall–Kier alpha value is -0.140. The van der Waals surface area contributed by atoms with Gasteiger partial charge in [0.25, 0.3) is 0 Å². The molecule has 1 aromatic carbocycles. The van der Waals surface area contributed by atoms with E-state index in [9.17, 15) is 0 Å². The van der Waals surface area contributed by atoms with Crippen LogP contribution >= 0.6 is 47.3 Å². The van der Waals surface area contributed by atoms with Crippen LogP contribution in [0.25, 0.3) is 0 Å². The number of aliphatic imine (C=N–C) groups is 1. The Kier molecular flexibility index (Phi) is 10.3. The number of halogens is 2. The van der Waals surface area contributed by atoms with Crippen molar-refractivity contribution in [2.24, 2.45) is 4.99 Å². The highest BCUT2D eigenvalue weighted by Gasteiger charge is 2.15. The predicted octanol–water partition coefficient (Wildman–Crippen LogP) is 3.95. The molecule has 0 spiro atoms. The zero-order chi connectivity index (χ0) is 14.9. The van der Waals surface area contributed by atoms with Crippen LogP contribution in [-0.2, 0) is 6.42 Å². The SMILES string of the molecule is CN=C(NCCCc1ccccc1Cl)NCC1CCCS1.I. The molecule has 6 heteroatoms. The lowest BCUT2D eigenvalue weighted by Gasteiger charge is -2.14. The van der Waals surface area contributed by atoms with Crippen molar-refractivity contribution in [3.8, 4) is 0 Å². The van der Waals surface area contributed by atoms with Gasteiger partial charge in [0.1, 0.15) is 0 Å². The van der Waals surface area contributed by atoms with Gasteiger partial charge in [0.05, 0.1) is 0 Å². The minimum atomic E-state index is 0. The van der Waals surface area contributed by atoms with E-state index in [4.69, 9.17) is 11.6 Å². The molecule has 0 bridgehead atoms. The molecule has 1 aliphatic heterocycles. The van der Waals surface area contributed by atoms with E-state index in [1.54, 1.807) is 0 Å². The van der Waals surface area contributed by atoms with Crippen molar-refractivity contribution in [2.75, 3.05) is 25.9 Å². The van der Waals surface area contributed by atoms with E-state index in [2.05, 4.69) is 33.5 Å². The summed E-state index contributed by atoms with van der Waals surface area (Å²) in [5.74, 6) is 2.21. The molecule has 2 rings (SSSR count). The van der Waals surface area contributed by atoms with Crippen molar-refractivity contribution >= 4 is 53.3 Å². The number of rotatable bonds is 6. The average molecular weight is 454 g/mol. The second kappa shape index (κ2) is 11.4. The fourth-order valence-corrected chi connectivity index (χ4v) is 3.85. The Morgan fingerprint density at radius 1 is 1.36 bits per heavy atom. The molecule has 0 amide bonds. The van der Waals surface area contributed by atoms with Gasteiger partial charge in [-0.3, -0.25) is 4.99 Å². The summed E-state index contributed by atoms with van der Waals surface area (Å²) < 4.78 is 0. The molecular formula is C16H25ClIN3S. The Labute approximate surface area is 160 Å². The lowest BCUT2D eigenvalue weighted by molar-refractivity contribution is 0.710. The van der Waals surface area contributed by atoms with Crippen LogP contribution in [0.4, 0.5) is 0 Å². The molecule has 1 aromatic rings. The molecule has 1 saturated heterocycles. The van der Waals surface area contributed by atoms with Crippen molar-refractivity contribution < 1.29 is 0 Å². The summed E-state index contributed by atoms with van der Waals surface area (Å²) in [6.45, 7) is 1.91. The lowest BCUT2D eigenvalue weighted by Crippen LogP contribution is -2.40. The molecule has 0 aromatic heterocycles. The number of aryl methyl sites for hydroxylation is 1. The highest BCUT2D eigenvalue weighted by molar-refractivity contribution is 14.0. The smallest absolute Gasteiger partial charge is 0.191 e. The summed E-state index contributed by atoms with van der Waals surface area (Å²) >= 11 is 8.22. The summed E-state index contributed by atoms with van der Waals surface area (Å²) in [7, 11) is 1.82. The number of hydrogen-bond acceptors (Lipinski definition) is 2. The second-order valence-corrected chi connectivity index (χ2v) is 7.03. The Bertz CT molecular complexity index is 464. The standard InChI is InChI=1S/C16H24ClN3S.HI/c1-18-16(20-12-14-8-5-11-21-14)19-10-4-7-13-6-2-3-9-15(13)17;/h2-3,6,9,14H,4-5,7-8,10-12H2,1H3,(H2,18,19,20);1H. The zero-order valence-electron chi connectivity index (χ0n) is 13.0. The Morgan fingerprint density at radius 3 is 2.86 bits per heavy atom. The molecule has 1 unspecified atom stereocenters. The van der Waals surface area contributed by atoms with Crippen molar-refractivity contribution in [1.29, 1.82) is 0 Å². The number of thioether (sulfide) groups is 1. The first-order valence-corrected chi connectivity index (χ1v) is 9.02. The predicted molar refractivity (Wildman–Crippen MR) is 110 cm³/mol. The third-order valence-corrected chi connectivity index (χ3v) is 5.38. The first-order chi connectivity index (χ1) is 10.3. The Morgan fingerprint density at radius 2 is 2.18 bits per heavy atom. The zero-order valence-corrected chi connectivity index (χ0v) is 16.9. The van der Waals surface area contributed by atoms with Crippen LogP contribution in [0.15, 0.2) is 29.3 Å². The van der Waals surface area contributed by atoms with Crippen molar-refractivity contribution in [3.63, 3.8) is 0 Å². The van der Waals surface area contributed by atoms with Crippen LogP contribution in [-0.4, -0.2) is 37.1 Å². The summed E-state index contributed by atoms with van der Waals surface area (Å²) in [4.78, 5) is 4.27. The number of hydrogen-bond donors (Lipinski definition) is 2. The van der Waals surface area contributed by atoms with E-state index in [-0.39, 0.29) is 24.0 Å². The molecule has 3 nitrogen and oxygen atoms in total. The molecule has 0 radical (unpaired) electrons. The van der Waals surface area contributed by atoms with E-state index < -0.39 is 0 Å². The van der Waals surface area contributed by atoms with Gasteiger partial charge in [-0.2, -0.15) is 11.8 Å². The fraction of sp³-hybridized carbons (Fsp3) is 0.562. The van der Waals surface area contributed by atoms with Gasteiger partial charge in [0.2, 0.25) is 0 Å². The minimum absolute atomic E-state index is 0. The molecule has 1 heterocycles. The van der Waals surface area contributed by atoms with E-state index in [0.717, 1.165) is 42.2 Å². The topological polar surface area (TPSA) is 36.4 Å². The average Bonchev–Trinajstić information content (AvgIpc) is 3.01. The maximum Gasteiger partial charge on any atom is 0.191 e. The second-order valence-electron chi connectivity index (χ2n) is 5.21. The van der Waals surface area contributed by atoms with Gasteiger partial charge in [0.15, 0.2) is 5.96 Å². The van der Waals surface area contributed by atoms with E-state index in [1.165, 1.54) is 24.2 Å². The highest BCUT2D eigenvalue weighted by Crippen LogP contribution is 2.25. The summed E-state index contributed by atoms with van der Waals surface area (Å²) in [5, 5.41) is 8.38. The summed E-state index contributed by atoms with van der Waals surface area (Å²) in [5.41, 5.74) is 1.21. The molecule has 0 aliphatic carbocycles. The molecule has 2 N–H and O–H groups in total. The van der Waals surface area contributed by atoms with Gasteiger partial charge in [-0.05, 0) is 43.1 Å². The monoisotopic (exact) mass is 453 g/mol. The third kappa shape index (κ3) is 6.96. The van der Waals surface area contributed by atoms with Crippen LogP contribution < -0.4 is 10.6 Å². The minimum Gasteiger partial charge on any atom is -0.356 e.